The van der Waals surface area contributed by atoms with Gasteiger partial charge < -0.3 is 9.15 Å². The maximum Gasteiger partial charge on any atom is 0.453 e. The van der Waals surface area contributed by atoms with Gasteiger partial charge in [-0.05, 0) is 25.8 Å². The number of oxazole rings is 1. The summed E-state index contributed by atoms with van der Waals surface area (Å²) in [7, 11) is 0. The van der Waals surface area contributed by atoms with E-state index in [1.54, 1.807) is 20.0 Å². The first-order chi connectivity index (χ1) is 15.2. The van der Waals surface area contributed by atoms with Crippen LogP contribution < -0.4 is 0 Å². The van der Waals surface area contributed by atoms with Crippen LogP contribution in [0.2, 0.25) is 0 Å². The minimum absolute atomic E-state index is 0.00193. The van der Waals surface area contributed by atoms with Crippen LogP contribution in [0.1, 0.15) is 35.1 Å². The lowest BCUT2D eigenvalue weighted by atomic mass is 10.1. The number of carbonyl (C=O) groups is 1. The van der Waals surface area contributed by atoms with Gasteiger partial charge in [-0.2, -0.15) is 18.2 Å². The Morgan fingerprint density at radius 3 is 2.62 bits per heavy atom. The third-order valence-electron chi connectivity index (χ3n) is 4.85. The number of alkyl halides is 3. The zero-order valence-corrected chi connectivity index (χ0v) is 17.2. The summed E-state index contributed by atoms with van der Waals surface area (Å²) in [6, 6.07) is 9.38. The van der Waals surface area contributed by atoms with Gasteiger partial charge >= 0.3 is 12.1 Å². The van der Waals surface area contributed by atoms with Crippen LogP contribution in [0.5, 0.6) is 0 Å². The monoisotopic (exact) mass is 445 g/mol. The summed E-state index contributed by atoms with van der Waals surface area (Å²) in [5, 5.41) is 3.50. The number of aryl methyl sites for hydroxylation is 2. The average Bonchev–Trinajstić information content (AvgIpc) is 3.40. The van der Waals surface area contributed by atoms with E-state index in [9.17, 15) is 18.0 Å². The van der Waals surface area contributed by atoms with Gasteiger partial charge in [0.05, 0.1) is 6.20 Å². The van der Waals surface area contributed by atoms with Gasteiger partial charge in [0, 0.05) is 23.4 Å². The van der Waals surface area contributed by atoms with Crippen LogP contribution in [0, 0.1) is 13.8 Å². The van der Waals surface area contributed by atoms with Crippen LogP contribution in [0.4, 0.5) is 13.2 Å². The van der Waals surface area contributed by atoms with Crippen molar-refractivity contribution in [2.45, 2.75) is 39.5 Å². The predicted molar refractivity (Wildman–Crippen MR) is 105 cm³/mol. The van der Waals surface area contributed by atoms with Crippen molar-refractivity contribution in [2.75, 3.05) is 0 Å². The molecule has 3 heterocycles. The number of nitrogens with zero attached hydrogens (tertiary/aromatic N) is 5. The van der Waals surface area contributed by atoms with Crippen LogP contribution in [0.25, 0.3) is 17.1 Å². The fourth-order valence-corrected chi connectivity index (χ4v) is 3.24. The zero-order valence-electron chi connectivity index (χ0n) is 17.2. The second-order valence-corrected chi connectivity index (χ2v) is 7.05. The van der Waals surface area contributed by atoms with Gasteiger partial charge in [0.2, 0.25) is 5.89 Å². The molecule has 4 rings (SSSR count). The molecule has 0 N–H and O–H groups in total. The molecule has 3 aromatic heterocycles. The molecule has 0 aliphatic rings. The van der Waals surface area contributed by atoms with E-state index in [2.05, 4.69) is 20.1 Å². The molecular weight excluding hydrogens is 427 g/mol. The van der Waals surface area contributed by atoms with Crippen molar-refractivity contribution in [1.29, 1.82) is 0 Å². The van der Waals surface area contributed by atoms with E-state index in [4.69, 9.17) is 9.15 Å². The number of rotatable bonds is 6. The molecule has 32 heavy (non-hydrogen) atoms. The standard InChI is InChI=1S/C21H18F3N5O3/c1-12-15(13(2)29-20(26-12)27-19(28-29)21(22,23)24)8-9-18(30)31-11-17-25-10-16(32-17)14-6-4-3-5-7-14/h3-7,10H,8-9,11H2,1-2H3. The van der Waals surface area contributed by atoms with E-state index >= 15 is 0 Å². The minimum Gasteiger partial charge on any atom is -0.456 e. The van der Waals surface area contributed by atoms with Crippen molar-refractivity contribution in [2.24, 2.45) is 0 Å². The minimum atomic E-state index is -4.67. The summed E-state index contributed by atoms with van der Waals surface area (Å²) in [5.41, 5.74) is 2.37. The van der Waals surface area contributed by atoms with Crippen LogP contribution in [-0.2, 0) is 28.7 Å². The van der Waals surface area contributed by atoms with Gasteiger partial charge in [-0.1, -0.05) is 30.3 Å². The summed E-state index contributed by atoms with van der Waals surface area (Å²) in [6.45, 7) is 3.13. The Balaban J connectivity index is 1.39. The Morgan fingerprint density at radius 1 is 1.16 bits per heavy atom. The SMILES string of the molecule is Cc1nc2nc(C(F)(F)F)nn2c(C)c1CCC(=O)OCc1ncc(-c2ccccc2)o1. The van der Waals surface area contributed by atoms with Crippen LogP contribution in [0.15, 0.2) is 40.9 Å². The summed E-state index contributed by atoms with van der Waals surface area (Å²) in [5.74, 6) is -1.08. The first-order valence-corrected chi connectivity index (χ1v) is 9.68. The molecule has 0 saturated heterocycles. The number of aromatic nitrogens is 5. The first-order valence-electron chi connectivity index (χ1n) is 9.68. The molecule has 0 unspecified atom stereocenters. The number of esters is 1. The van der Waals surface area contributed by atoms with E-state index in [1.165, 1.54) is 0 Å². The van der Waals surface area contributed by atoms with Crippen molar-refractivity contribution < 1.29 is 27.1 Å². The Hall–Kier alpha value is -3.76. The fraction of sp³-hybridized carbons (Fsp3) is 0.286. The fourth-order valence-electron chi connectivity index (χ4n) is 3.24. The van der Waals surface area contributed by atoms with Crippen LogP contribution in [0.3, 0.4) is 0 Å². The maximum absolute atomic E-state index is 12.9. The molecule has 0 bridgehead atoms. The molecule has 8 nitrogen and oxygen atoms in total. The van der Waals surface area contributed by atoms with Gasteiger partial charge in [0.1, 0.15) is 0 Å². The Kier molecular flexibility index (Phi) is 5.64. The number of fused-ring (bicyclic) bond motifs is 1. The zero-order chi connectivity index (χ0) is 22.9. The lowest BCUT2D eigenvalue weighted by Crippen LogP contribution is -2.11. The van der Waals surface area contributed by atoms with Crippen molar-refractivity contribution in [3.05, 3.63) is 65.2 Å². The molecule has 11 heteroatoms. The second kappa shape index (κ2) is 8.40. The molecule has 0 atom stereocenters. The van der Waals surface area contributed by atoms with Crippen molar-refractivity contribution in [1.82, 2.24) is 24.6 Å². The van der Waals surface area contributed by atoms with Crippen molar-refractivity contribution >= 4 is 11.7 Å². The number of ether oxygens (including phenoxy) is 1. The molecule has 0 aliphatic carbocycles. The Morgan fingerprint density at radius 2 is 1.91 bits per heavy atom. The molecule has 0 aliphatic heterocycles. The first kappa shape index (κ1) is 21.5. The largest absolute Gasteiger partial charge is 0.456 e. The quantitative estimate of drug-likeness (QED) is 0.413. The van der Waals surface area contributed by atoms with E-state index in [-0.39, 0.29) is 31.1 Å². The number of hydrogen-bond donors (Lipinski definition) is 0. The van der Waals surface area contributed by atoms with Gasteiger partial charge in [-0.25, -0.2) is 14.5 Å². The molecule has 0 amide bonds. The summed E-state index contributed by atoms with van der Waals surface area (Å²) < 4.78 is 50.5. The van der Waals surface area contributed by atoms with Gasteiger partial charge in [0.25, 0.3) is 11.6 Å². The summed E-state index contributed by atoms with van der Waals surface area (Å²) in [6.07, 6.45) is -2.89. The third-order valence-corrected chi connectivity index (χ3v) is 4.85. The van der Waals surface area contributed by atoms with Crippen LogP contribution in [-0.4, -0.2) is 30.5 Å². The molecule has 0 fully saturated rings. The molecular formula is C21H18F3N5O3. The predicted octanol–water partition coefficient (Wildman–Crippen LogP) is 4.09. The highest BCUT2D eigenvalue weighted by atomic mass is 19.4. The number of benzene rings is 1. The highest BCUT2D eigenvalue weighted by molar-refractivity contribution is 5.69. The lowest BCUT2D eigenvalue weighted by Gasteiger charge is -2.10. The Labute approximate surface area is 180 Å². The molecule has 0 spiro atoms. The van der Waals surface area contributed by atoms with Gasteiger partial charge in [-0.15, -0.1) is 5.10 Å². The second-order valence-electron chi connectivity index (χ2n) is 7.05. The lowest BCUT2D eigenvalue weighted by molar-refractivity contribution is -0.146. The van der Waals surface area contributed by atoms with Crippen molar-refractivity contribution in [3.8, 4) is 11.3 Å². The number of hydrogen-bond acceptors (Lipinski definition) is 7. The van der Waals surface area contributed by atoms with Crippen LogP contribution >= 0.6 is 0 Å². The van der Waals surface area contributed by atoms with E-state index in [0.717, 1.165) is 10.1 Å². The van der Waals surface area contributed by atoms with E-state index in [1.807, 2.05) is 30.3 Å². The molecule has 166 valence electrons. The topological polar surface area (TPSA) is 95.4 Å². The van der Waals surface area contributed by atoms with Gasteiger partial charge in [-0.3, -0.25) is 4.79 Å². The summed E-state index contributed by atoms with van der Waals surface area (Å²) in [4.78, 5) is 23.8. The molecule has 0 saturated carbocycles. The van der Waals surface area contributed by atoms with E-state index in [0.29, 0.717) is 22.7 Å². The molecule has 4 aromatic rings. The highest BCUT2D eigenvalue weighted by Gasteiger charge is 2.37. The maximum atomic E-state index is 12.9. The molecule has 0 radical (unpaired) electrons. The molecule has 1 aromatic carbocycles. The normalized spacial score (nSPS) is 11.8. The van der Waals surface area contributed by atoms with E-state index < -0.39 is 18.0 Å². The average molecular weight is 445 g/mol. The Bertz CT molecular complexity index is 1270. The summed E-state index contributed by atoms with van der Waals surface area (Å²) >= 11 is 0. The highest BCUT2D eigenvalue weighted by Crippen LogP contribution is 2.27. The van der Waals surface area contributed by atoms with Gasteiger partial charge in [0.15, 0.2) is 12.4 Å². The number of carbonyl (C=O) groups excluding carboxylic acids is 1. The third kappa shape index (κ3) is 4.46. The smallest absolute Gasteiger partial charge is 0.453 e. The number of halogens is 3. The van der Waals surface area contributed by atoms with Crippen molar-refractivity contribution in [3.63, 3.8) is 0 Å².